The summed E-state index contributed by atoms with van der Waals surface area (Å²) < 4.78 is 0. The number of nitrogens with zero attached hydrogens (tertiary/aromatic N) is 2. The average molecular weight is 365 g/mol. The molecule has 0 aliphatic heterocycles. The molecule has 4 heteroatoms. The van der Waals surface area contributed by atoms with Crippen LogP contribution in [0.2, 0.25) is 10.0 Å². The third kappa shape index (κ3) is 3.11. The van der Waals surface area contributed by atoms with Crippen LogP contribution in [0, 0.1) is 6.92 Å². The number of hydrogen-bond acceptors (Lipinski definition) is 2. The molecule has 1 heterocycles. The summed E-state index contributed by atoms with van der Waals surface area (Å²) in [5.74, 6) is 0. The lowest BCUT2D eigenvalue weighted by Crippen LogP contribution is -1.96. The fourth-order valence-corrected chi connectivity index (χ4v) is 3.19. The van der Waals surface area contributed by atoms with E-state index in [1.54, 1.807) is 0 Å². The monoisotopic (exact) mass is 364 g/mol. The molecule has 1 aromatic heterocycles. The number of rotatable bonds is 2. The minimum absolute atomic E-state index is 0.587. The SMILES string of the molecule is Cc1ccc(-c2nc3cccc(Cl)c3nc2-c2cccc(Cl)c2)cc1. The summed E-state index contributed by atoms with van der Waals surface area (Å²) in [4.78, 5) is 9.68. The van der Waals surface area contributed by atoms with E-state index >= 15 is 0 Å². The molecule has 3 aromatic carbocycles. The number of benzene rings is 3. The molecule has 4 aromatic rings. The van der Waals surface area contributed by atoms with Crippen molar-refractivity contribution in [2.45, 2.75) is 6.92 Å². The van der Waals surface area contributed by atoms with Gasteiger partial charge in [-0.2, -0.15) is 0 Å². The van der Waals surface area contributed by atoms with Crippen LogP contribution in [0.3, 0.4) is 0 Å². The zero-order valence-electron chi connectivity index (χ0n) is 13.5. The van der Waals surface area contributed by atoms with Gasteiger partial charge >= 0.3 is 0 Å². The maximum Gasteiger partial charge on any atom is 0.108 e. The second-order valence-electron chi connectivity index (χ2n) is 5.90. The van der Waals surface area contributed by atoms with Crippen molar-refractivity contribution in [3.63, 3.8) is 0 Å². The Morgan fingerprint density at radius 2 is 1.44 bits per heavy atom. The highest BCUT2D eigenvalue weighted by Crippen LogP contribution is 2.33. The number of hydrogen-bond donors (Lipinski definition) is 0. The van der Waals surface area contributed by atoms with Crippen molar-refractivity contribution >= 4 is 34.2 Å². The first-order valence-corrected chi connectivity index (χ1v) is 8.67. The summed E-state index contributed by atoms with van der Waals surface area (Å²) in [5.41, 5.74) is 6.17. The van der Waals surface area contributed by atoms with Crippen molar-refractivity contribution in [2.75, 3.05) is 0 Å². The van der Waals surface area contributed by atoms with Gasteiger partial charge in [-0.1, -0.05) is 71.2 Å². The van der Waals surface area contributed by atoms with Crippen molar-refractivity contribution < 1.29 is 0 Å². The number of halogens is 2. The molecule has 0 atom stereocenters. The number of aryl methyl sites for hydroxylation is 1. The van der Waals surface area contributed by atoms with Crippen LogP contribution < -0.4 is 0 Å². The molecule has 0 unspecified atom stereocenters. The second-order valence-corrected chi connectivity index (χ2v) is 6.75. The standard InChI is InChI=1S/C21H14Cl2N2/c1-13-8-10-14(11-9-13)19-20(15-4-2-5-16(22)12-15)25-21-17(23)6-3-7-18(21)24-19/h2-12H,1H3. The van der Waals surface area contributed by atoms with Gasteiger partial charge in [0.2, 0.25) is 0 Å². The van der Waals surface area contributed by atoms with E-state index in [4.69, 9.17) is 33.2 Å². The van der Waals surface area contributed by atoms with Crippen LogP contribution in [-0.2, 0) is 0 Å². The number of para-hydroxylation sites is 1. The lowest BCUT2D eigenvalue weighted by Gasteiger charge is -2.11. The topological polar surface area (TPSA) is 25.8 Å². The van der Waals surface area contributed by atoms with E-state index < -0.39 is 0 Å². The van der Waals surface area contributed by atoms with Gasteiger partial charge in [-0.15, -0.1) is 0 Å². The van der Waals surface area contributed by atoms with Crippen LogP contribution in [0.25, 0.3) is 33.5 Å². The highest BCUT2D eigenvalue weighted by Gasteiger charge is 2.14. The molecule has 122 valence electrons. The molecule has 0 fully saturated rings. The first kappa shape index (κ1) is 16.1. The zero-order valence-corrected chi connectivity index (χ0v) is 15.0. The molecule has 0 aliphatic rings. The van der Waals surface area contributed by atoms with Crippen molar-refractivity contribution in [1.82, 2.24) is 9.97 Å². The second kappa shape index (κ2) is 6.47. The molecule has 2 nitrogen and oxygen atoms in total. The van der Waals surface area contributed by atoms with Crippen molar-refractivity contribution in [2.24, 2.45) is 0 Å². The molecular weight excluding hydrogens is 351 g/mol. The Kier molecular flexibility index (Phi) is 4.16. The fraction of sp³-hybridized carbons (Fsp3) is 0.0476. The molecule has 4 rings (SSSR count). The van der Waals surface area contributed by atoms with Crippen LogP contribution in [0.4, 0.5) is 0 Å². The predicted octanol–water partition coefficient (Wildman–Crippen LogP) is 6.58. The maximum atomic E-state index is 6.34. The lowest BCUT2D eigenvalue weighted by molar-refractivity contribution is 1.29. The maximum absolute atomic E-state index is 6.34. The normalized spacial score (nSPS) is 11.0. The summed E-state index contributed by atoms with van der Waals surface area (Å²) in [6.07, 6.45) is 0. The number of fused-ring (bicyclic) bond motifs is 1. The quantitative estimate of drug-likeness (QED) is 0.401. The van der Waals surface area contributed by atoms with Gasteiger partial charge < -0.3 is 0 Å². The minimum atomic E-state index is 0.587. The van der Waals surface area contributed by atoms with Gasteiger partial charge in [0.05, 0.1) is 21.9 Å². The summed E-state index contributed by atoms with van der Waals surface area (Å²) >= 11 is 12.5. The highest BCUT2D eigenvalue weighted by atomic mass is 35.5. The molecular formula is C21H14Cl2N2. The minimum Gasteiger partial charge on any atom is -0.244 e. The van der Waals surface area contributed by atoms with Gasteiger partial charge in [-0.3, -0.25) is 0 Å². The molecule has 0 amide bonds. The largest absolute Gasteiger partial charge is 0.244 e. The van der Waals surface area contributed by atoms with E-state index in [0.29, 0.717) is 15.6 Å². The van der Waals surface area contributed by atoms with Crippen LogP contribution in [0.1, 0.15) is 5.56 Å². The van der Waals surface area contributed by atoms with Crippen LogP contribution in [-0.4, -0.2) is 9.97 Å². The summed E-state index contributed by atoms with van der Waals surface area (Å²) in [7, 11) is 0. The van der Waals surface area contributed by atoms with E-state index in [2.05, 4.69) is 31.2 Å². The van der Waals surface area contributed by atoms with E-state index in [9.17, 15) is 0 Å². The smallest absolute Gasteiger partial charge is 0.108 e. The van der Waals surface area contributed by atoms with E-state index in [-0.39, 0.29) is 0 Å². The molecule has 0 radical (unpaired) electrons. The average Bonchev–Trinajstić information content (AvgIpc) is 2.62. The van der Waals surface area contributed by atoms with E-state index in [1.807, 2.05) is 42.5 Å². The Balaban J connectivity index is 2.05. The van der Waals surface area contributed by atoms with Gasteiger partial charge in [0.1, 0.15) is 5.52 Å². The first-order chi connectivity index (χ1) is 12.1. The van der Waals surface area contributed by atoms with Crippen LogP contribution >= 0.6 is 23.2 Å². The van der Waals surface area contributed by atoms with Gasteiger partial charge in [0, 0.05) is 16.1 Å². The summed E-state index contributed by atoms with van der Waals surface area (Å²) in [6, 6.07) is 21.5. The fourth-order valence-electron chi connectivity index (χ4n) is 2.79. The summed E-state index contributed by atoms with van der Waals surface area (Å²) in [5, 5.41) is 1.25. The molecule has 0 spiro atoms. The Morgan fingerprint density at radius 3 is 2.20 bits per heavy atom. The Hall–Kier alpha value is -2.42. The molecule has 0 aliphatic carbocycles. The predicted molar refractivity (Wildman–Crippen MR) is 105 cm³/mol. The molecule has 0 bridgehead atoms. The molecule has 0 N–H and O–H groups in total. The third-order valence-corrected chi connectivity index (χ3v) is 4.61. The molecule has 25 heavy (non-hydrogen) atoms. The van der Waals surface area contributed by atoms with E-state index in [1.165, 1.54) is 5.56 Å². The number of aromatic nitrogens is 2. The van der Waals surface area contributed by atoms with Crippen molar-refractivity contribution in [3.05, 3.63) is 82.3 Å². The van der Waals surface area contributed by atoms with Gasteiger partial charge in [-0.25, -0.2) is 9.97 Å². The van der Waals surface area contributed by atoms with Crippen molar-refractivity contribution in [3.8, 4) is 22.5 Å². The Bertz CT molecular complexity index is 1070. The third-order valence-electron chi connectivity index (χ3n) is 4.07. The van der Waals surface area contributed by atoms with Crippen LogP contribution in [0.15, 0.2) is 66.7 Å². The lowest BCUT2D eigenvalue weighted by atomic mass is 10.0. The van der Waals surface area contributed by atoms with E-state index in [0.717, 1.165) is 28.0 Å². The van der Waals surface area contributed by atoms with Crippen LogP contribution in [0.5, 0.6) is 0 Å². The highest BCUT2D eigenvalue weighted by molar-refractivity contribution is 6.35. The van der Waals surface area contributed by atoms with Crippen molar-refractivity contribution in [1.29, 1.82) is 0 Å². The molecule has 0 saturated carbocycles. The van der Waals surface area contributed by atoms with Gasteiger partial charge in [0.25, 0.3) is 0 Å². The Morgan fingerprint density at radius 1 is 0.720 bits per heavy atom. The summed E-state index contributed by atoms with van der Waals surface area (Å²) in [6.45, 7) is 2.06. The van der Waals surface area contributed by atoms with Gasteiger partial charge in [-0.05, 0) is 31.2 Å². The first-order valence-electron chi connectivity index (χ1n) is 7.91. The van der Waals surface area contributed by atoms with Gasteiger partial charge in [0.15, 0.2) is 0 Å². The Labute approximate surface area is 156 Å². The zero-order chi connectivity index (χ0) is 17.4. The molecule has 0 saturated heterocycles.